The minimum absolute atomic E-state index is 0.00134. The highest BCUT2D eigenvalue weighted by atomic mass is 35.5. The van der Waals surface area contributed by atoms with Gasteiger partial charge in [-0.15, -0.1) is 0 Å². The zero-order chi connectivity index (χ0) is 14.3. The molecule has 0 saturated heterocycles. The van der Waals surface area contributed by atoms with Crippen LogP contribution in [0, 0.1) is 0 Å². The van der Waals surface area contributed by atoms with Crippen LogP contribution in [0.4, 0.5) is 0 Å². The molecule has 2 nitrogen and oxygen atoms in total. The Hall–Kier alpha value is -1.12. The standard InChI is InChI=1S/C16H21ClO2/c1-3-5-6-7-14(15(18)4-2)16(19)12-8-10-13(17)11-9-12/h7-11,16,19H,3-6H2,1-2H3. The first kappa shape index (κ1) is 15.9. The maximum Gasteiger partial charge on any atom is 0.161 e. The van der Waals surface area contributed by atoms with Gasteiger partial charge in [0.1, 0.15) is 6.10 Å². The monoisotopic (exact) mass is 280 g/mol. The molecule has 0 aliphatic carbocycles. The van der Waals surface area contributed by atoms with Gasteiger partial charge < -0.3 is 5.11 Å². The van der Waals surface area contributed by atoms with Crippen LogP contribution in [0.1, 0.15) is 51.2 Å². The molecule has 0 aliphatic heterocycles. The van der Waals surface area contributed by atoms with Gasteiger partial charge in [-0.05, 0) is 24.1 Å². The molecule has 1 aromatic rings. The van der Waals surface area contributed by atoms with E-state index < -0.39 is 6.10 Å². The van der Waals surface area contributed by atoms with Crippen LogP contribution in [-0.4, -0.2) is 10.9 Å². The van der Waals surface area contributed by atoms with Crippen molar-refractivity contribution in [3.05, 3.63) is 46.5 Å². The van der Waals surface area contributed by atoms with Crippen LogP contribution < -0.4 is 0 Å². The number of aliphatic hydroxyl groups excluding tert-OH is 1. The molecule has 1 aromatic carbocycles. The fourth-order valence-electron chi connectivity index (χ4n) is 1.87. The summed E-state index contributed by atoms with van der Waals surface area (Å²) in [4.78, 5) is 11.9. The smallest absolute Gasteiger partial charge is 0.161 e. The largest absolute Gasteiger partial charge is 0.384 e. The highest BCUT2D eigenvalue weighted by molar-refractivity contribution is 6.30. The van der Waals surface area contributed by atoms with Gasteiger partial charge in [0.25, 0.3) is 0 Å². The second kappa shape index (κ2) is 8.13. The summed E-state index contributed by atoms with van der Waals surface area (Å²) in [5, 5.41) is 11.0. The summed E-state index contributed by atoms with van der Waals surface area (Å²) < 4.78 is 0. The van der Waals surface area contributed by atoms with Crippen LogP contribution in [0.2, 0.25) is 5.02 Å². The molecular weight excluding hydrogens is 260 g/mol. The first-order valence-corrected chi connectivity index (χ1v) is 7.14. The number of Topliss-reactive ketones (excluding diaryl/α,β-unsaturated/α-hetero) is 1. The average Bonchev–Trinajstić information content (AvgIpc) is 2.43. The SMILES string of the molecule is CCCCC=C(C(=O)CC)C(O)c1ccc(Cl)cc1. The molecule has 0 aromatic heterocycles. The molecule has 0 bridgehead atoms. The Morgan fingerprint density at radius 1 is 1.32 bits per heavy atom. The Bertz CT molecular complexity index is 435. The summed E-state index contributed by atoms with van der Waals surface area (Å²) in [7, 11) is 0. The van der Waals surface area contributed by atoms with Crippen LogP contribution in [0.3, 0.4) is 0 Å². The lowest BCUT2D eigenvalue weighted by atomic mass is 9.95. The Kier molecular flexibility index (Phi) is 6.82. The molecule has 0 fully saturated rings. The molecule has 0 radical (unpaired) electrons. The predicted molar refractivity (Wildman–Crippen MR) is 79.3 cm³/mol. The number of rotatable bonds is 7. The van der Waals surface area contributed by atoms with Crippen LogP contribution >= 0.6 is 11.6 Å². The van der Waals surface area contributed by atoms with Gasteiger partial charge in [-0.25, -0.2) is 0 Å². The molecule has 1 atom stereocenters. The van der Waals surface area contributed by atoms with Gasteiger partial charge in [0.05, 0.1) is 0 Å². The molecule has 1 N–H and O–H groups in total. The third-order valence-corrected chi connectivity index (χ3v) is 3.30. The Labute approximate surface area is 120 Å². The van der Waals surface area contributed by atoms with Gasteiger partial charge in [-0.2, -0.15) is 0 Å². The predicted octanol–water partition coefficient (Wildman–Crippen LogP) is 4.47. The van der Waals surface area contributed by atoms with Crippen molar-refractivity contribution in [2.75, 3.05) is 0 Å². The Balaban J connectivity index is 2.93. The van der Waals surface area contributed by atoms with Gasteiger partial charge in [-0.3, -0.25) is 4.79 Å². The van der Waals surface area contributed by atoms with Crippen LogP contribution in [0.15, 0.2) is 35.9 Å². The summed E-state index contributed by atoms with van der Waals surface area (Å²) in [5.41, 5.74) is 1.20. The molecule has 19 heavy (non-hydrogen) atoms. The van der Waals surface area contributed by atoms with E-state index in [9.17, 15) is 9.90 Å². The van der Waals surface area contributed by atoms with Crippen LogP contribution in [0.25, 0.3) is 0 Å². The van der Waals surface area contributed by atoms with Gasteiger partial charge in [0.15, 0.2) is 5.78 Å². The number of carbonyl (C=O) groups excluding carboxylic acids is 1. The Morgan fingerprint density at radius 3 is 2.47 bits per heavy atom. The van der Waals surface area contributed by atoms with Crippen molar-refractivity contribution in [2.24, 2.45) is 0 Å². The third kappa shape index (κ3) is 4.81. The van der Waals surface area contributed by atoms with E-state index in [-0.39, 0.29) is 5.78 Å². The first-order chi connectivity index (χ1) is 9.10. The molecular formula is C16H21ClO2. The molecule has 0 spiro atoms. The normalized spacial score (nSPS) is 13.4. The average molecular weight is 281 g/mol. The minimum atomic E-state index is -0.860. The summed E-state index contributed by atoms with van der Waals surface area (Å²) >= 11 is 5.82. The lowest BCUT2D eigenvalue weighted by Gasteiger charge is -2.14. The Morgan fingerprint density at radius 2 is 1.95 bits per heavy atom. The lowest BCUT2D eigenvalue weighted by molar-refractivity contribution is -0.116. The molecule has 1 rings (SSSR count). The molecule has 0 saturated carbocycles. The first-order valence-electron chi connectivity index (χ1n) is 6.76. The van der Waals surface area contributed by atoms with Crippen molar-refractivity contribution in [3.8, 4) is 0 Å². The van der Waals surface area contributed by atoms with Gasteiger partial charge >= 0.3 is 0 Å². The van der Waals surface area contributed by atoms with Crippen LogP contribution in [-0.2, 0) is 4.79 Å². The van der Waals surface area contributed by atoms with E-state index in [4.69, 9.17) is 11.6 Å². The van der Waals surface area contributed by atoms with E-state index in [0.29, 0.717) is 22.6 Å². The third-order valence-electron chi connectivity index (χ3n) is 3.05. The molecule has 1 unspecified atom stereocenters. The number of aliphatic hydroxyl groups is 1. The lowest BCUT2D eigenvalue weighted by Crippen LogP contribution is -2.11. The van der Waals surface area contributed by atoms with Crippen molar-refractivity contribution in [1.29, 1.82) is 0 Å². The fourth-order valence-corrected chi connectivity index (χ4v) is 1.99. The van der Waals surface area contributed by atoms with Gasteiger partial charge in [0.2, 0.25) is 0 Å². The van der Waals surface area contributed by atoms with Gasteiger partial charge in [0, 0.05) is 17.0 Å². The molecule has 104 valence electrons. The van der Waals surface area contributed by atoms with E-state index in [1.54, 1.807) is 24.3 Å². The van der Waals surface area contributed by atoms with E-state index in [2.05, 4.69) is 6.92 Å². The van der Waals surface area contributed by atoms with Gasteiger partial charge in [-0.1, -0.05) is 56.5 Å². The summed E-state index contributed by atoms with van der Waals surface area (Å²) in [6.45, 7) is 3.91. The van der Waals surface area contributed by atoms with Crippen molar-refractivity contribution >= 4 is 17.4 Å². The fraction of sp³-hybridized carbons (Fsp3) is 0.438. The number of halogens is 1. The van der Waals surface area contributed by atoms with E-state index in [0.717, 1.165) is 19.3 Å². The van der Waals surface area contributed by atoms with Crippen LogP contribution in [0.5, 0.6) is 0 Å². The second-order valence-electron chi connectivity index (χ2n) is 4.53. The highest BCUT2D eigenvalue weighted by Crippen LogP contribution is 2.25. The number of carbonyl (C=O) groups is 1. The number of unbranched alkanes of at least 4 members (excludes halogenated alkanes) is 2. The van der Waals surface area contributed by atoms with Crippen molar-refractivity contribution in [1.82, 2.24) is 0 Å². The number of ketones is 1. The van der Waals surface area contributed by atoms with E-state index >= 15 is 0 Å². The number of benzene rings is 1. The maximum absolute atomic E-state index is 11.9. The quantitative estimate of drug-likeness (QED) is 0.591. The molecule has 3 heteroatoms. The number of hydrogen-bond acceptors (Lipinski definition) is 2. The summed E-state index contributed by atoms with van der Waals surface area (Å²) in [5.74, 6) is -0.00134. The second-order valence-corrected chi connectivity index (χ2v) is 4.97. The van der Waals surface area contributed by atoms with Crippen molar-refractivity contribution in [2.45, 2.75) is 45.6 Å². The molecule has 0 heterocycles. The zero-order valence-corrected chi connectivity index (χ0v) is 12.3. The molecule has 0 aliphatic rings. The highest BCUT2D eigenvalue weighted by Gasteiger charge is 2.18. The maximum atomic E-state index is 11.9. The topological polar surface area (TPSA) is 37.3 Å². The summed E-state index contributed by atoms with van der Waals surface area (Å²) in [6, 6.07) is 6.95. The zero-order valence-electron chi connectivity index (χ0n) is 11.5. The molecule has 0 amide bonds. The summed E-state index contributed by atoms with van der Waals surface area (Å²) in [6.07, 6.45) is 4.33. The van der Waals surface area contributed by atoms with Crippen molar-refractivity contribution < 1.29 is 9.90 Å². The number of allylic oxidation sites excluding steroid dienone is 1. The van der Waals surface area contributed by atoms with E-state index in [1.165, 1.54) is 0 Å². The van der Waals surface area contributed by atoms with E-state index in [1.807, 2.05) is 13.0 Å². The minimum Gasteiger partial charge on any atom is -0.384 e. The number of hydrogen-bond donors (Lipinski definition) is 1. The van der Waals surface area contributed by atoms with Crippen molar-refractivity contribution in [3.63, 3.8) is 0 Å².